The quantitative estimate of drug-likeness (QED) is 0.217. The minimum atomic E-state index is -2.08. The van der Waals surface area contributed by atoms with Crippen molar-refractivity contribution in [3.05, 3.63) is 79.8 Å². The van der Waals surface area contributed by atoms with Crippen molar-refractivity contribution in [2.75, 3.05) is 11.5 Å². The maximum atomic E-state index is 14.0. The molecule has 2 atom stereocenters. The first kappa shape index (κ1) is 30.3. The third-order valence-corrected chi connectivity index (χ3v) is 15.3. The highest BCUT2D eigenvalue weighted by molar-refractivity contribution is 9.10. The van der Waals surface area contributed by atoms with Crippen molar-refractivity contribution in [1.82, 2.24) is 9.55 Å². The summed E-state index contributed by atoms with van der Waals surface area (Å²) >= 11 is 16.4. The van der Waals surface area contributed by atoms with E-state index in [1.165, 1.54) is 0 Å². The number of nitrogens with zero attached hydrogens (tertiary/aromatic N) is 3. The van der Waals surface area contributed by atoms with Crippen molar-refractivity contribution in [2.24, 2.45) is 0 Å². The Hall–Kier alpha value is -1.64. The average molecular weight is 652 g/mol. The lowest BCUT2D eigenvalue weighted by molar-refractivity contribution is 0.0989. The van der Waals surface area contributed by atoms with Crippen LogP contribution in [-0.2, 0) is 4.43 Å². The third-order valence-electron chi connectivity index (χ3n) is 8.18. The molecule has 0 spiro atoms. The van der Waals surface area contributed by atoms with Crippen molar-refractivity contribution in [1.29, 1.82) is 0 Å². The lowest BCUT2D eigenvalue weighted by Crippen LogP contribution is -2.48. The summed E-state index contributed by atoms with van der Waals surface area (Å²) in [5.41, 5.74) is 5.39. The second kappa shape index (κ2) is 11.7. The van der Waals surface area contributed by atoms with Crippen LogP contribution in [0.25, 0.3) is 0 Å². The highest BCUT2D eigenvalue weighted by atomic mass is 79.9. The standard InChI is InChI=1S/C30H38BrCl2N3O2Si/c1-17(2)39(18(3)4,19(5)6)38-16-21(8)35-28-26(34-30(35)31)29(37)36(25-15-24(33)12-9-20(25)7)27(28)22-10-13-23(32)14-11-22/h9-15,17-19,21,27H,16H2,1-8H3/t21-,27?/m1/s1. The number of amides is 1. The van der Waals surface area contributed by atoms with Crippen LogP contribution in [0.1, 0.15) is 87.9 Å². The van der Waals surface area contributed by atoms with Crippen molar-refractivity contribution in [3.63, 3.8) is 0 Å². The number of rotatable bonds is 9. The first-order valence-corrected chi connectivity index (χ1v) is 17.3. The SMILES string of the molecule is Cc1ccc(Cl)cc1N1C(=O)c2nc(Br)n([C@H](C)CO[Si](C(C)C)(C(C)C)C(C)C)c2C1c1ccc(Cl)cc1. The number of carbonyl (C=O) groups is 1. The molecule has 0 bridgehead atoms. The van der Waals surface area contributed by atoms with Crippen LogP contribution in [0.4, 0.5) is 5.69 Å². The highest BCUT2D eigenvalue weighted by Gasteiger charge is 2.47. The van der Waals surface area contributed by atoms with Gasteiger partial charge in [0.15, 0.2) is 18.7 Å². The van der Waals surface area contributed by atoms with Crippen LogP contribution >= 0.6 is 39.1 Å². The number of aromatic nitrogens is 2. The first-order chi connectivity index (χ1) is 18.3. The molecule has 0 saturated carbocycles. The van der Waals surface area contributed by atoms with E-state index in [1.54, 1.807) is 0 Å². The van der Waals surface area contributed by atoms with Gasteiger partial charge in [0.25, 0.3) is 5.91 Å². The number of fused-ring (bicyclic) bond motifs is 1. The van der Waals surface area contributed by atoms with Gasteiger partial charge in [0.2, 0.25) is 0 Å². The fraction of sp³-hybridized carbons (Fsp3) is 0.467. The molecular weight excluding hydrogens is 613 g/mol. The Morgan fingerprint density at radius 2 is 1.51 bits per heavy atom. The molecule has 1 aliphatic heterocycles. The summed E-state index contributed by atoms with van der Waals surface area (Å²) in [4.78, 5) is 20.6. The Balaban J connectivity index is 1.83. The highest BCUT2D eigenvalue weighted by Crippen LogP contribution is 2.46. The molecule has 5 nitrogen and oxygen atoms in total. The van der Waals surface area contributed by atoms with Gasteiger partial charge >= 0.3 is 0 Å². The summed E-state index contributed by atoms with van der Waals surface area (Å²) in [6.07, 6.45) is 0. The first-order valence-electron chi connectivity index (χ1n) is 13.6. The van der Waals surface area contributed by atoms with E-state index in [0.29, 0.717) is 43.7 Å². The summed E-state index contributed by atoms with van der Waals surface area (Å²) in [6, 6.07) is 12.8. The van der Waals surface area contributed by atoms with Gasteiger partial charge in [-0.2, -0.15) is 0 Å². The molecule has 3 aromatic rings. The van der Waals surface area contributed by atoms with Gasteiger partial charge in [-0.05, 0) is 81.8 Å². The Morgan fingerprint density at radius 1 is 0.949 bits per heavy atom. The number of aryl methyl sites for hydroxylation is 1. The molecule has 0 N–H and O–H groups in total. The molecule has 39 heavy (non-hydrogen) atoms. The molecule has 210 valence electrons. The fourth-order valence-electron chi connectivity index (χ4n) is 6.49. The topological polar surface area (TPSA) is 47.4 Å². The zero-order valence-corrected chi connectivity index (χ0v) is 28.0. The summed E-state index contributed by atoms with van der Waals surface area (Å²) in [5.74, 6) is -0.154. The van der Waals surface area contributed by atoms with Crippen LogP contribution in [-0.4, -0.2) is 30.4 Å². The minimum absolute atomic E-state index is 0.0539. The average Bonchev–Trinajstić information content (AvgIpc) is 3.33. The molecular formula is C30H38BrCl2N3O2Si. The van der Waals surface area contributed by atoms with E-state index >= 15 is 0 Å². The van der Waals surface area contributed by atoms with Crippen LogP contribution < -0.4 is 4.90 Å². The molecule has 0 saturated heterocycles. The zero-order chi connectivity index (χ0) is 28.8. The maximum Gasteiger partial charge on any atom is 0.279 e. The number of imidazole rings is 1. The van der Waals surface area contributed by atoms with Gasteiger partial charge in [0, 0.05) is 15.7 Å². The van der Waals surface area contributed by atoms with Gasteiger partial charge in [0.05, 0.1) is 18.3 Å². The van der Waals surface area contributed by atoms with Gasteiger partial charge in [-0.25, -0.2) is 4.98 Å². The molecule has 1 amide bonds. The molecule has 0 fully saturated rings. The monoisotopic (exact) mass is 649 g/mol. The maximum absolute atomic E-state index is 14.0. The largest absolute Gasteiger partial charge is 0.414 e. The summed E-state index contributed by atoms with van der Waals surface area (Å²) in [6.45, 7) is 18.4. The molecule has 1 aromatic heterocycles. The minimum Gasteiger partial charge on any atom is -0.414 e. The van der Waals surface area contributed by atoms with Crippen molar-refractivity contribution < 1.29 is 9.22 Å². The lowest BCUT2D eigenvalue weighted by Gasteiger charge is -2.43. The number of carbonyl (C=O) groups excluding carboxylic acids is 1. The summed E-state index contributed by atoms with van der Waals surface area (Å²) < 4.78 is 9.74. The zero-order valence-electron chi connectivity index (χ0n) is 23.9. The molecule has 1 unspecified atom stereocenters. The molecule has 0 aliphatic carbocycles. The smallest absolute Gasteiger partial charge is 0.279 e. The third kappa shape index (κ3) is 5.37. The second-order valence-electron chi connectivity index (χ2n) is 11.5. The molecule has 1 aliphatic rings. The fourth-order valence-corrected chi connectivity index (χ4v) is 13.0. The lowest BCUT2D eigenvalue weighted by atomic mass is 10.0. The van der Waals surface area contributed by atoms with Gasteiger partial charge in [-0.1, -0.05) is 82.9 Å². The predicted molar refractivity (Wildman–Crippen MR) is 168 cm³/mol. The Morgan fingerprint density at radius 3 is 2.08 bits per heavy atom. The number of benzene rings is 2. The van der Waals surface area contributed by atoms with Crippen molar-refractivity contribution in [2.45, 2.75) is 84.1 Å². The van der Waals surface area contributed by atoms with E-state index in [-0.39, 0.29) is 11.9 Å². The van der Waals surface area contributed by atoms with E-state index in [1.807, 2.05) is 54.3 Å². The number of hydrogen-bond donors (Lipinski definition) is 0. The molecule has 2 heterocycles. The summed E-state index contributed by atoms with van der Waals surface area (Å²) in [7, 11) is -2.08. The van der Waals surface area contributed by atoms with Crippen LogP contribution in [0.3, 0.4) is 0 Å². The number of hydrogen-bond acceptors (Lipinski definition) is 3. The second-order valence-corrected chi connectivity index (χ2v) is 18.6. The Bertz CT molecular complexity index is 1340. The van der Waals surface area contributed by atoms with Crippen LogP contribution in [0, 0.1) is 6.92 Å². The Labute approximate surface area is 252 Å². The van der Waals surface area contributed by atoms with Gasteiger partial charge in [0.1, 0.15) is 6.04 Å². The number of anilines is 1. The van der Waals surface area contributed by atoms with Crippen LogP contribution in [0.5, 0.6) is 0 Å². The number of halogens is 3. The van der Waals surface area contributed by atoms with Gasteiger partial charge in [-0.15, -0.1) is 0 Å². The van der Waals surface area contributed by atoms with Gasteiger partial charge < -0.3 is 8.99 Å². The van der Waals surface area contributed by atoms with E-state index in [9.17, 15) is 4.79 Å². The van der Waals surface area contributed by atoms with Crippen LogP contribution in [0.2, 0.25) is 26.7 Å². The summed E-state index contributed by atoms with van der Waals surface area (Å²) in [5, 5.41) is 1.22. The van der Waals surface area contributed by atoms with Crippen LogP contribution in [0.15, 0.2) is 47.2 Å². The van der Waals surface area contributed by atoms with Crippen molar-refractivity contribution in [3.8, 4) is 0 Å². The predicted octanol–water partition coefficient (Wildman–Crippen LogP) is 9.76. The molecule has 4 rings (SSSR count). The molecule has 0 radical (unpaired) electrons. The molecule has 9 heteroatoms. The van der Waals surface area contributed by atoms with E-state index in [2.05, 4.69) is 69.0 Å². The normalized spacial score (nSPS) is 16.6. The molecule has 2 aromatic carbocycles. The van der Waals surface area contributed by atoms with E-state index in [0.717, 1.165) is 22.5 Å². The van der Waals surface area contributed by atoms with E-state index < -0.39 is 14.4 Å². The van der Waals surface area contributed by atoms with Crippen molar-refractivity contribution >= 4 is 59.0 Å². The Kier molecular flexibility index (Phi) is 9.09. The van der Waals surface area contributed by atoms with Gasteiger partial charge in [-0.3, -0.25) is 9.69 Å². The van der Waals surface area contributed by atoms with E-state index in [4.69, 9.17) is 32.6 Å².